The van der Waals surface area contributed by atoms with Gasteiger partial charge in [0.25, 0.3) is 0 Å². The normalized spacial score (nSPS) is 33.1. The summed E-state index contributed by atoms with van der Waals surface area (Å²) >= 11 is 0. The van der Waals surface area contributed by atoms with Crippen molar-refractivity contribution in [3.8, 4) is 0 Å². The lowest BCUT2D eigenvalue weighted by molar-refractivity contribution is -0.210. The molecule has 0 unspecified atom stereocenters. The number of rotatable bonds is 5. The number of ether oxygens (including phenoxy) is 4. The Kier molecular flexibility index (Phi) is 8.01. The number of carbonyl (C=O) groups excluding carboxylic acids is 5. The van der Waals surface area contributed by atoms with Crippen LogP contribution in [0.3, 0.4) is 0 Å². The molecule has 3 aliphatic rings. The molecule has 0 N–H and O–H groups in total. The summed E-state index contributed by atoms with van der Waals surface area (Å²) in [6, 6.07) is 2.88. The largest absolute Gasteiger partial charge is 0.469 e. The molecule has 1 aromatic rings. The van der Waals surface area contributed by atoms with Crippen molar-refractivity contribution in [2.45, 2.75) is 71.8 Å². The molecular formula is C29H33F3O9. The Morgan fingerprint density at radius 1 is 1.12 bits per heavy atom. The fourth-order valence-corrected chi connectivity index (χ4v) is 7.39. The highest BCUT2D eigenvalue weighted by molar-refractivity contribution is 5.93. The summed E-state index contributed by atoms with van der Waals surface area (Å²) in [5, 5.41) is 0. The van der Waals surface area contributed by atoms with E-state index in [1.807, 2.05) is 0 Å². The number of Topliss-reactive ketones (excluding diaryl/α,β-unsaturated/α-hetero) is 1. The Morgan fingerprint density at radius 2 is 1.80 bits per heavy atom. The monoisotopic (exact) mass is 582 g/mol. The van der Waals surface area contributed by atoms with Crippen LogP contribution in [0.25, 0.3) is 0 Å². The van der Waals surface area contributed by atoms with Crippen LogP contribution in [0.1, 0.15) is 81.0 Å². The van der Waals surface area contributed by atoms with Gasteiger partial charge < -0.3 is 18.9 Å². The van der Waals surface area contributed by atoms with E-state index in [4.69, 9.17) is 18.9 Å². The van der Waals surface area contributed by atoms with Crippen LogP contribution in [0.5, 0.6) is 0 Å². The highest BCUT2D eigenvalue weighted by Gasteiger charge is 2.67. The predicted octanol–water partition coefficient (Wildman–Crippen LogP) is 4.60. The van der Waals surface area contributed by atoms with Crippen molar-refractivity contribution < 1.29 is 56.1 Å². The lowest BCUT2D eigenvalue weighted by Gasteiger charge is -2.61. The van der Waals surface area contributed by atoms with E-state index in [-0.39, 0.29) is 25.0 Å². The van der Waals surface area contributed by atoms with E-state index in [1.165, 1.54) is 14.0 Å². The summed E-state index contributed by atoms with van der Waals surface area (Å²) in [6.45, 7) is 5.98. The molecule has 1 aliphatic heterocycles. The third-order valence-electron chi connectivity index (χ3n) is 9.11. The van der Waals surface area contributed by atoms with Crippen molar-refractivity contribution in [2.75, 3.05) is 13.7 Å². The first-order valence-electron chi connectivity index (χ1n) is 13.5. The van der Waals surface area contributed by atoms with Gasteiger partial charge in [-0.25, -0.2) is 4.79 Å². The number of carbonyl (C=O) groups is 5. The smallest absolute Gasteiger partial charge is 0.417 e. The zero-order valence-electron chi connectivity index (χ0n) is 23.5. The quantitative estimate of drug-likeness (QED) is 0.362. The number of benzene rings is 1. The van der Waals surface area contributed by atoms with Crippen LogP contribution >= 0.6 is 0 Å². The minimum absolute atomic E-state index is 0.0176. The predicted molar refractivity (Wildman–Crippen MR) is 134 cm³/mol. The zero-order valence-corrected chi connectivity index (χ0v) is 23.5. The number of methoxy groups -OCH3 is 1. The second-order valence-electron chi connectivity index (χ2n) is 11.5. The van der Waals surface area contributed by atoms with Gasteiger partial charge in [-0.05, 0) is 54.7 Å². The molecule has 0 spiro atoms. The van der Waals surface area contributed by atoms with Gasteiger partial charge in [0.1, 0.15) is 6.10 Å². The van der Waals surface area contributed by atoms with E-state index in [1.54, 1.807) is 13.8 Å². The molecule has 7 atom stereocenters. The van der Waals surface area contributed by atoms with Crippen LogP contribution in [-0.4, -0.2) is 49.5 Å². The average Bonchev–Trinajstić information content (AvgIpc) is 2.88. The molecule has 9 nitrogen and oxygen atoms in total. The minimum atomic E-state index is -4.84. The Balaban J connectivity index is 1.80. The fraction of sp³-hybridized carbons (Fsp3) is 0.621. The number of fused-ring (bicyclic) bond motifs is 3. The van der Waals surface area contributed by atoms with Crippen LogP contribution in [0.2, 0.25) is 0 Å². The zero-order chi connectivity index (χ0) is 30.5. The molecule has 2 aliphatic carbocycles. The number of esters is 4. The maximum absolute atomic E-state index is 14.0. The maximum Gasteiger partial charge on any atom is 0.417 e. The van der Waals surface area contributed by atoms with Crippen LogP contribution in [0.15, 0.2) is 18.2 Å². The summed E-state index contributed by atoms with van der Waals surface area (Å²) in [7, 11) is 1.23. The summed E-state index contributed by atoms with van der Waals surface area (Å²) in [5.41, 5.74) is -3.86. The summed E-state index contributed by atoms with van der Waals surface area (Å²) in [6.07, 6.45) is -6.59. The van der Waals surface area contributed by atoms with E-state index in [2.05, 4.69) is 0 Å². The second kappa shape index (κ2) is 10.8. The van der Waals surface area contributed by atoms with Gasteiger partial charge >= 0.3 is 30.1 Å². The lowest BCUT2D eigenvalue weighted by Crippen LogP contribution is -2.64. The van der Waals surface area contributed by atoms with Gasteiger partial charge in [-0.1, -0.05) is 19.9 Å². The Labute approximate surface area is 235 Å². The molecule has 3 fully saturated rings. The van der Waals surface area contributed by atoms with Crippen LogP contribution < -0.4 is 0 Å². The van der Waals surface area contributed by atoms with Crippen molar-refractivity contribution in [1.82, 2.24) is 0 Å². The summed E-state index contributed by atoms with van der Waals surface area (Å²) in [4.78, 5) is 64.6. The molecule has 4 rings (SSSR count). The van der Waals surface area contributed by atoms with Crippen LogP contribution in [0.4, 0.5) is 13.2 Å². The van der Waals surface area contributed by atoms with Crippen molar-refractivity contribution in [1.29, 1.82) is 0 Å². The Morgan fingerprint density at radius 3 is 2.39 bits per heavy atom. The molecule has 0 aromatic heterocycles. The van der Waals surface area contributed by atoms with Gasteiger partial charge in [0.2, 0.25) is 0 Å². The van der Waals surface area contributed by atoms with E-state index in [0.717, 1.165) is 25.1 Å². The van der Waals surface area contributed by atoms with Crippen LogP contribution in [-0.2, 0) is 44.3 Å². The summed E-state index contributed by atoms with van der Waals surface area (Å²) in [5.74, 6) is -6.02. The van der Waals surface area contributed by atoms with Gasteiger partial charge in [-0.15, -0.1) is 0 Å². The average molecular weight is 583 g/mol. The first-order chi connectivity index (χ1) is 19.1. The number of halogens is 3. The molecule has 41 heavy (non-hydrogen) atoms. The molecule has 0 bridgehead atoms. The van der Waals surface area contributed by atoms with Crippen molar-refractivity contribution >= 4 is 29.7 Å². The first kappa shape index (κ1) is 30.5. The topological polar surface area (TPSA) is 122 Å². The number of cyclic esters (lactones) is 1. The lowest BCUT2D eigenvalue weighted by atomic mass is 9.43. The molecule has 0 amide bonds. The van der Waals surface area contributed by atoms with Crippen molar-refractivity contribution in [3.63, 3.8) is 0 Å². The summed E-state index contributed by atoms with van der Waals surface area (Å²) < 4.78 is 62.0. The van der Waals surface area contributed by atoms with Gasteiger partial charge in [0, 0.05) is 19.3 Å². The van der Waals surface area contributed by atoms with Crippen LogP contribution in [0, 0.1) is 28.6 Å². The standard InChI is InChI=1S/C29H33F3O9/c1-6-39-24(35)16-11-15(7-8-17(16)29(30,31)32)21-13-28(4)18(26(37)41-21)9-10-27(3)19(25(36)38-5)12-20(40-14(2)33)22(34)23(27)28/h7-8,11,18-21,23H,6,9-10,12-13H2,1-5H3/t18-,19-,20-,21-,23-,27-,28-/m0/s1. The number of hydrogen-bond acceptors (Lipinski definition) is 9. The number of hydrogen-bond donors (Lipinski definition) is 0. The van der Waals surface area contributed by atoms with Gasteiger partial charge in [0.05, 0.1) is 36.7 Å². The van der Waals surface area contributed by atoms with E-state index < -0.39 is 87.8 Å². The third kappa shape index (κ3) is 5.21. The molecular weight excluding hydrogens is 549 g/mol. The maximum atomic E-state index is 14.0. The van der Waals surface area contributed by atoms with Crippen molar-refractivity contribution in [3.05, 3.63) is 34.9 Å². The van der Waals surface area contributed by atoms with Gasteiger partial charge in [0.15, 0.2) is 11.9 Å². The minimum Gasteiger partial charge on any atom is -0.469 e. The molecule has 1 heterocycles. The Bertz CT molecular complexity index is 1270. The third-order valence-corrected chi connectivity index (χ3v) is 9.11. The molecule has 12 heteroatoms. The van der Waals surface area contributed by atoms with Gasteiger partial charge in [-0.3, -0.25) is 19.2 Å². The molecule has 224 valence electrons. The molecule has 0 radical (unpaired) electrons. The van der Waals surface area contributed by atoms with Crippen molar-refractivity contribution in [2.24, 2.45) is 28.6 Å². The Hall–Kier alpha value is -3.44. The molecule has 1 saturated heterocycles. The highest BCUT2D eigenvalue weighted by atomic mass is 19.4. The number of ketones is 1. The van der Waals surface area contributed by atoms with E-state index in [0.29, 0.717) is 12.8 Å². The first-order valence-corrected chi connectivity index (χ1v) is 13.5. The second-order valence-corrected chi connectivity index (χ2v) is 11.5. The molecule has 1 aromatic carbocycles. The van der Waals surface area contributed by atoms with Gasteiger partial charge in [-0.2, -0.15) is 13.2 Å². The number of alkyl halides is 3. The highest BCUT2D eigenvalue weighted by Crippen LogP contribution is 2.65. The molecule has 2 saturated carbocycles. The van der Waals surface area contributed by atoms with E-state index >= 15 is 0 Å². The SMILES string of the molecule is CCOC(=O)c1cc([C@@H]2C[C@]3(C)[C@H]4C(=O)[C@@H](OC(C)=O)C[C@@H](C(=O)OC)[C@]4(C)CC[C@H]3C(=O)O2)ccc1C(F)(F)F. The van der Waals surface area contributed by atoms with E-state index in [9.17, 15) is 37.1 Å². The fourth-order valence-electron chi connectivity index (χ4n) is 7.39.